The Labute approximate surface area is 82.9 Å². The smallest absolute Gasteiger partial charge is 0.327 e. The molecule has 0 saturated carbocycles. The van der Waals surface area contributed by atoms with Crippen molar-refractivity contribution in [2.24, 2.45) is 5.41 Å². The van der Waals surface area contributed by atoms with Gasteiger partial charge in [0.25, 0.3) is 0 Å². The standard InChI is InChI=1S/C10H14O4/c1-4-5-10(8(11)13-3)6-7(2)14-9(10)12/h4-5,7H,6H2,1-3H3/b5-4+. The van der Waals surface area contributed by atoms with Crippen LogP contribution < -0.4 is 0 Å². The van der Waals surface area contributed by atoms with Crippen LogP contribution in [0.1, 0.15) is 20.3 Å². The molecule has 0 aromatic carbocycles. The third-order valence-electron chi connectivity index (χ3n) is 2.28. The van der Waals surface area contributed by atoms with Crippen molar-refractivity contribution in [2.75, 3.05) is 7.11 Å². The van der Waals surface area contributed by atoms with E-state index in [1.165, 1.54) is 7.11 Å². The summed E-state index contributed by atoms with van der Waals surface area (Å²) in [7, 11) is 1.27. The molecule has 0 aromatic rings. The molecule has 0 radical (unpaired) electrons. The van der Waals surface area contributed by atoms with Crippen molar-refractivity contribution in [1.29, 1.82) is 0 Å². The average Bonchev–Trinajstić information content (AvgIpc) is 2.42. The predicted molar refractivity (Wildman–Crippen MR) is 49.4 cm³/mol. The Morgan fingerprint density at radius 1 is 1.71 bits per heavy atom. The van der Waals surface area contributed by atoms with Gasteiger partial charge in [-0.25, -0.2) is 0 Å². The molecule has 14 heavy (non-hydrogen) atoms. The topological polar surface area (TPSA) is 52.6 Å². The molecule has 0 amide bonds. The van der Waals surface area contributed by atoms with Crippen molar-refractivity contribution in [3.05, 3.63) is 12.2 Å². The van der Waals surface area contributed by atoms with Gasteiger partial charge in [0.05, 0.1) is 7.11 Å². The number of rotatable bonds is 2. The van der Waals surface area contributed by atoms with Gasteiger partial charge in [-0.3, -0.25) is 9.59 Å². The van der Waals surface area contributed by atoms with Crippen LogP contribution in [0.5, 0.6) is 0 Å². The van der Waals surface area contributed by atoms with Gasteiger partial charge in [-0.1, -0.05) is 12.2 Å². The first-order valence-corrected chi connectivity index (χ1v) is 4.50. The van der Waals surface area contributed by atoms with Gasteiger partial charge in [-0.15, -0.1) is 0 Å². The lowest BCUT2D eigenvalue weighted by molar-refractivity contribution is -0.159. The fraction of sp³-hybridized carbons (Fsp3) is 0.600. The van der Waals surface area contributed by atoms with E-state index in [0.717, 1.165) is 0 Å². The molecule has 2 atom stereocenters. The van der Waals surface area contributed by atoms with Crippen LogP contribution in [-0.2, 0) is 19.1 Å². The van der Waals surface area contributed by atoms with Crippen molar-refractivity contribution >= 4 is 11.9 Å². The molecule has 0 bridgehead atoms. The van der Waals surface area contributed by atoms with Crippen LogP contribution in [0.25, 0.3) is 0 Å². The van der Waals surface area contributed by atoms with E-state index in [1.54, 1.807) is 26.0 Å². The van der Waals surface area contributed by atoms with Crippen LogP contribution in [0.3, 0.4) is 0 Å². The molecular weight excluding hydrogens is 184 g/mol. The van der Waals surface area contributed by atoms with Crippen LogP contribution in [0.4, 0.5) is 0 Å². The second-order valence-electron chi connectivity index (χ2n) is 3.38. The van der Waals surface area contributed by atoms with Gasteiger partial charge < -0.3 is 9.47 Å². The van der Waals surface area contributed by atoms with E-state index in [0.29, 0.717) is 6.42 Å². The number of esters is 2. The number of hydrogen-bond acceptors (Lipinski definition) is 4. The summed E-state index contributed by atoms with van der Waals surface area (Å²) in [6.45, 7) is 3.51. The molecule has 2 unspecified atom stereocenters. The number of hydrogen-bond donors (Lipinski definition) is 0. The summed E-state index contributed by atoms with van der Waals surface area (Å²) >= 11 is 0. The first-order valence-electron chi connectivity index (χ1n) is 4.50. The number of allylic oxidation sites excluding steroid dienone is 1. The molecule has 1 rings (SSSR count). The van der Waals surface area contributed by atoms with E-state index in [9.17, 15) is 9.59 Å². The summed E-state index contributed by atoms with van der Waals surface area (Å²) in [5.41, 5.74) is -1.22. The minimum absolute atomic E-state index is 0.238. The zero-order chi connectivity index (χ0) is 10.8. The molecular formula is C10H14O4. The summed E-state index contributed by atoms with van der Waals surface area (Å²) in [5, 5.41) is 0. The Balaban J connectivity index is 3.05. The van der Waals surface area contributed by atoms with Gasteiger partial charge in [-0.05, 0) is 13.8 Å². The second-order valence-corrected chi connectivity index (χ2v) is 3.38. The van der Waals surface area contributed by atoms with Gasteiger partial charge in [0.2, 0.25) is 0 Å². The van der Waals surface area contributed by atoms with Gasteiger partial charge >= 0.3 is 11.9 Å². The summed E-state index contributed by atoms with van der Waals surface area (Å²) in [4.78, 5) is 23.0. The van der Waals surface area contributed by atoms with Crippen LogP contribution in [-0.4, -0.2) is 25.2 Å². The zero-order valence-corrected chi connectivity index (χ0v) is 8.57. The van der Waals surface area contributed by atoms with Crippen molar-refractivity contribution in [3.8, 4) is 0 Å². The van der Waals surface area contributed by atoms with Crippen LogP contribution in [0.2, 0.25) is 0 Å². The van der Waals surface area contributed by atoms with E-state index >= 15 is 0 Å². The third kappa shape index (κ3) is 1.52. The molecule has 0 spiro atoms. The summed E-state index contributed by atoms with van der Waals surface area (Å²) in [5.74, 6) is -1.07. The van der Waals surface area contributed by atoms with Crippen LogP contribution in [0.15, 0.2) is 12.2 Å². The van der Waals surface area contributed by atoms with Gasteiger partial charge in [-0.2, -0.15) is 0 Å². The molecule has 0 aromatic heterocycles. The maximum atomic E-state index is 11.5. The highest BCUT2D eigenvalue weighted by molar-refractivity contribution is 6.03. The summed E-state index contributed by atoms with van der Waals surface area (Å²) < 4.78 is 9.58. The van der Waals surface area contributed by atoms with E-state index in [2.05, 4.69) is 4.74 Å². The number of carbonyl (C=O) groups is 2. The molecule has 1 saturated heterocycles. The fourth-order valence-corrected chi connectivity index (χ4v) is 1.70. The Morgan fingerprint density at radius 2 is 2.36 bits per heavy atom. The van der Waals surface area contributed by atoms with E-state index in [1.807, 2.05) is 0 Å². The maximum absolute atomic E-state index is 11.5. The largest absolute Gasteiger partial charge is 0.468 e. The number of carbonyl (C=O) groups excluding carboxylic acids is 2. The molecule has 78 valence electrons. The van der Waals surface area contributed by atoms with E-state index < -0.39 is 17.4 Å². The summed E-state index contributed by atoms with van der Waals surface area (Å²) in [6, 6.07) is 0. The molecule has 4 heteroatoms. The minimum atomic E-state index is -1.22. The van der Waals surface area contributed by atoms with Gasteiger partial charge in [0.1, 0.15) is 6.10 Å². The van der Waals surface area contributed by atoms with Crippen molar-refractivity contribution in [2.45, 2.75) is 26.4 Å². The average molecular weight is 198 g/mol. The quantitative estimate of drug-likeness (QED) is 0.378. The first kappa shape index (κ1) is 10.8. The highest BCUT2D eigenvalue weighted by atomic mass is 16.6. The molecule has 4 nitrogen and oxygen atoms in total. The van der Waals surface area contributed by atoms with Crippen molar-refractivity contribution in [1.82, 2.24) is 0 Å². The second kappa shape index (κ2) is 3.82. The lowest BCUT2D eigenvalue weighted by atomic mass is 9.84. The lowest BCUT2D eigenvalue weighted by Crippen LogP contribution is -2.34. The first-order chi connectivity index (χ1) is 6.56. The monoisotopic (exact) mass is 198 g/mol. The fourth-order valence-electron chi connectivity index (χ4n) is 1.70. The number of methoxy groups -OCH3 is 1. The van der Waals surface area contributed by atoms with Crippen molar-refractivity contribution in [3.63, 3.8) is 0 Å². The Bertz CT molecular complexity index is 272. The SMILES string of the molecule is C/C=C/C1(C(=O)OC)CC(C)OC1=O. The third-order valence-corrected chi connectivity index (χ3v) is 2.28. The Kier molecular flexibility index (Phi) is 2.93. The van der Waals surface area contributed by atoms with Crippen molar-refractivity contribution < 1.29 is 19.1 Å². The number of cyclic esters (lactones) is 1. The molecule has 0 aliphatic carbocycles. The molecule has 1 heterocycles. The zero-order valence-electron chi connectivity index (χ0n) is 8.57. The van der Waals surface area contributed by atoms with E-state index in [-0.39, 0.29) is 6.10 Å². The molecule has 1 aliphatic rings. The highest BCUT2D eigenvalue weighted by Crippen LogP contribution is 2.36. The molecule has 1 fully saturated rings. The molecule has 1 aliphatic heterocycles. The maximum Gasteiger partial charge on any atom is 0.327 e. The number of ether oxygens (including phenoxy) is 2. The Morgan fingerprint density at radius 3 is 2.71 bits per heavy atom. The lowest BCUT2D eigenvalue weighted by Gasteiger charge is -2.16. The minimum Gasteiger partial charge on any atom is -0.468 e. The molecule has 0 N–H and O–H groups in total. The Hall–Kier alpha value is -1.32. The predicted octanol–water partition coefficient (Wildman–Crippen LogP) is 1.06. The van der Waals surface area contributed by atoms with Crippen LogP contribution >= 0.6 is 0 Å². The summed E-state index contributed by atoms with van der Waals surface area (Å²) in [6.07, 6.45) is 3.32. The van der Waals surface area contributed by atoms with Crippen LogP contribution in [0, 0.1) is 5.41 Å². The van der Waals surface area contributed by atoms with E-state index in [4.69, 9.17) is 4.74 Å². The van der Waals surface area contributed by atoms with Gasteiger partial charge in [0, 0.05) is 6.42 Å². The highest BCUT2D eigenvalue weighted by Gasteiger charge is 2.52. The van der Waals surface area contributed by atoms with Gasteiger partial charge in [0.15, 0.2) is 5.41 Å². The normalized spacial score (nSPS) is 31.9.